The van der Waals surface area contributed by atoms with Gasteiger partial charge in [0.25, 0.3) is 0 Å². The smallest absolute Gasteiger partial charge is 0.310 e. The van der Waals surface area contributed by atoms with Crippen molar-refractivity contribution in [2.75, 3.05) is 19.6 Å². The number of carbonyl (C=O) groups is 1. The molecule has 0 amide bonds. The van der Waals surface area contributed by atoms with Crippen molar-refractivity contribution in [2.24, 2.45) is 23.2 Å². The van der Waals surface area contributed by atoms with Crippen LogP contribution in [0.1, 0.15) is 57.4 Å². The summed E-state index contributed by atoms with van der Waals surface area (Å²) in [4.78, 5) is 15.2. The van der Waals surface area contributed by atoms with Crippen LogP contribution in [0.15, 0.2) is 36.4 Å². The van der Waals surface area contributed by atoms with Crippen LogP contribution in [0.5, 0.6) is 0 Å². The van der Waals surface area contributed by atoms with Gasteiger partial charge in [-0.3, -0.25) is 4.79 Å². The normalized spacial score (nSPS) is 37.8. The molecule has 4 fully saturated rings. The van der Waals surface area contributed by atoms with Gasteiger partial charge in [0.1, 0.15) is 6.10 Å². The molecule has 2 aliphatic carbocycles. The first-order valence-corrected chi connectivity index (χ1v) is 12.2. The number of halogens is 1. The topological polar surface area (TPSA) is 49.8 Å². The van der Waals surface area contributed by atoms with Crippen molar-refractivity contribution in [2.45, 2.75) is 63.6 Å². The Morgan fingerprint density at radius 3 is 2.65 bits per heavy atom. The highest BCUT2D eigenvalue weighted by Gasteiger charge is 2.55. The monoisotopic (exact) mass is 443 g/mol. The van der Waals surface area contributed by atoms with E-state index in [0.717, 1.165) is 44.5 Å². The van der Waals surface area contributed by atoms with E-state index < -0.39 is 5.60 Å². The Morgan fingerprint density at radius 1 is 1.23 bits per heavy atom. The van der Waals surface area contributed by atoms with E-state index in [1.54, 1.807) is 0 Å². The molecule has 1 aromatic rings. The standard InChI is InChI=1S/C26H34ClNO3/c1-17-4-3-9-25(2)15-23-20(14-22(17)25)21(24(29)31-23)16-28-12-10-26(30,11-13-28)18-5-7-19(27)8-6-18/h5-8,20-23,30H,1,3-4,9-16H2,2H3/t20-,21?,22?,23-,25-/m1/s1. The number of ether oxygens (including phenoxy) is 1. The van der Waals surface area contributed by atoms with E-state index >= 15 is 0 Å². The molecule has 0 spiro atoms. The zero-order chi connectivity index (χ0) is 21.8. The van der Waals surface area contributed by atoms with Gasteiger partial charge in [0, 0.05) is 30.6 Å². The molecule has 5 rings (SSSR count). The van der Waals surface area contributed by atoms with Gasteiger partial charge in [0.05, 0.1) is 11.5 Å². The molecule has 4 aliphatic rings. The second-order valence-corrected chi connectivity index (χ2v) is 11.2. The molecule has 1 aromatic carbocycles. The highest BCUT2D eigenvalue weighted by atomic mass is 35.5. The fourth-order valence-electron chi connectivity index (χ4n) is 6.90. The average molecular weight is 444 g/mol. The quantitative estimate of drug-likeness (QED) is 0.531. The molecule has 2 heterocycles. The summed E-state index contributed by atoms with van der Waals surface area (Å²) >= 11 is 6.01. The third-order valence-corrected chi connectivity index (χ3v) is 9.09. The van der Waals surface area contributed by atoms with E-state index in [9.17, 15) is 9.90 Å². The highest BCUT2D eigenvalue weighted by Crippen LogP contribution is 2.57. The van der Waals surface area contributed by atoms with Crippen LogP contribution < -0.4 is 0 Å². The summed E-state index contributed by atoms with van der Waals surface area (Å²) < 4.78 is 5.93. The van der Waals surface area contributed by atoms with Crippen LogP contribution in [0.2, 0.25) is 5.02 Å². The summed E-state index contributed by atoms with van der Waals surface area (Å²) in [5, 5.41) is 11.9. The molecule has 1 N–H and O–H groups in total. The highest BCUT2D eigenvalue weighted by molar-refractivity contribution is 6.30. The van der Waals surface area contributed by atoms with Crippen molar-refractivity contribution in [3.63, 3.8) is 0 Å². The maximum atomic E-state index is 12.9. The van der Waals surface area contributed by atoms with E-state index in [-0.39, 0.29) is 23.4 Å². The number of nitrogens with zero attached hydrogens (tertiary/aromatic N) is 1. The van der Waals surface area contributed by atoms with Crippen molar-refractivity contribution in [1.29, 1.82) is 0 Å². The van der Waals surface area contributed by atoms with Gasteiger partial charge in [0.2, 0.25) is 0 Å². The Bertz CT molecular complexity index is 860. The van der Waals surface area contributed by atoms with Crippen molar-refractivity contribution in [3.05, 3.63) is 47.0 Å². The summed E-state index contributed by atoms with van der Waals surface area (Å²) in [7, 11) is 0. The first-order valence-electron chi connectivity index (χ1n) is 11.9. The van der Waals surface area contributed by atoms with Gasteiger partial charge < -0.3 is 14.7 Å². The summed E-state index contributed by atoms with van der Waals surface area (Å²) in [6.07, 6.45) is 7.00. The minimum Gasteiger partial charge on any atom is -0.462 e. The van der Waals surface area contributed by atoms with Crippen molar-refractivity contribution < 1.29 is 14.6 Å². The minimum absolute atomic E-state index is 0.0126. The third-order valence-electron chi connectivity index (χ3n) is 8.84. The van der Waals surface area contributed by atoms with Crippen LogP contribution >= 0.6 is 11.6 Å². The van der Waals surface area contributed by atoms with Gasteiger partial charge in [-0.25, -0.2) is 0 Å². The van der Waals surface area contributed by atoms with Crippen LogP contribution in [0.3, 0.4) is 0 Å². The number of likely N-dealkylation sites (tertiary alicyclic amines) is 1. The predicted molar refractivity (Wildman–Crippen MR) is 122 cm³/mol. The van der Waals surface area contributed by atoms with Crippen LogP contribution in [0.25, 0.3) is 0 Å². The molecule has 2 unspecified atom stereocenters. The lowest BCUT2D eigenvalue weighted by molar-refractivity contribution is -0.146. The lowest BCUT2D eigenvalue weighted by Gasteiger charge is -2.50. The lowest BCUT2D eigenvalue weighted by atomic mass is 9.55. The molecule has 4 nitrogen and oxygen atoms in total. The van der Waals surface area contributed by atoms with Gasteiger partial charge in [-0.15, -0.1) is 0 Å². The Hall–Kier alpha value is -1.36. The summed E-state index contributed by atoms with van der Waals surface area (Å²) in [5.74, 6) is 0.765. The van der Waals surface area contributed by atoms with Gasteiger partial charge >= 0.3 is 5.97 Å². The lowest BCUT2D eigenvalue weighted by Crippen LogP contribution is -2.48. The van der Waals surface area contributed by atoms with Gasteiger partial charge in [-0.1, -0.05) is 42.8 Å². The van der Waals surface area contributed by atoms with Crippen molar-refractivity contribution in [1.82, 2.24) is 4.90 Å². The van der Waals surface area contributed by atoms with E-state index in [2.05, 4.69) is 18.4 Å². The Morgan fingerprint density at radius 2 is 1.94 bits per heavy atom. The third kappa shape index (κ3) is 3.85. The van der Waals surface area contributed by atoms with Gasteiger partial charge in [0.15, 0.2) is 0 Å². The Kier molecular flexibility index (Phi) is 5.47. The summed E-state index contributed by atoms with van der Waals surface area (Å²) in [6, 6.07) is 7.53. The van der Waals surface area contributed by atoms with E-state index in [4.69, 9.17) is 16.3 Å². The molecule has 2 saturated carbocycles. The fourth-order valence-corrected chi connectivity index (χ4v) is 7.02. The summed E-state index contributed by atoms with van der Waals surface area (Å²) in [5.41, 5.74) is 1.74. The average Bonchev–Trinajstić information content (AvgIpc) is 3.02. The minimum atomic E-state index is -0.813. The number of aliphatic hydroxyl groups is 1. The Balaban J connectivity index is 1.24. The van der Waals surface area contributed by atoms with Gasteiger partial charge in [-0.05, 0) is 74.0 Å². The molecular formula is C26H34ClNO3. The van der Waals surface area contributed by atoms with E-state index in [1.165, 1.54) is 18.4 Å². The fraction of sp³-hybridized carbons (Fsp3) is 0.654. The van der Waals surface area contributed by atoms with Crippen LogP contribution in [0, 0.1) is 23.2 Å². The second kappa shape index (κ2) is 7.90. The molecule has 5 heteroatoms. The van der Waals surface area contributed by atoms with E-state index in [0.29, 0.717) is 29.7 Å². The van der Waals surface area contributed by atoms with Crippen molar-refractivity contribution >= 4 is 17.6 Å². The first kappa shape index (κ1) is 21.5. The largest absolute Gasteiger partial charge is 0.462 e. The molecular weight excluding hydrogens is 410 g/mol. The van der Waals surface area contributed by atoms with Crippen LogP contribution in [-0.4, -0.2) is 41.7 Å². The van der Waals surface area contributed by atoms with E-state index in [1.807, 2.05) is 24.3 Å². The van der Waals surface area contributed by atoms with Gasteiger partial charge in [-0.2, -0.15) is 0 Å². The molecule has 5 atom stereocenters. The zero-order valence-corrected chi connectivity index (χ0v) is 19.2. The first-order chi connectivity index (χ1) is 14.8. The van der Waals surface area contributed by atoms with Crippen LogP contribution in [-0.2, 0) is 15.1 Å². The maximum Gasteiger partial charge on any atom is 0.310 e. The second-order valence-electron chi connectivity index (χ2n) is 10.7. The molecule has 168 valence electrons. The van der Waals surface area contributed by atoms with Crippen molar-refractivity contribution in [3.8, 4) is 0 Å². The number of allylic oxidation sites excluding steroid dienone is 1. The predicted octanol–water partition coefficient (Wildman–Crippen LogP) is 4.94. The molecule has 2 saturated heterocycles. The molecule has 31 heavy (non-hydrogen) atoms. The SMILES string of the molecule is C=C1CCC[C@]2(C)C[C@H]3OC(=O)C(CN4CCC(O)(c5ccc(Cl)cc5)CC4)[C@H]3CC12. The number of hydrogen-bond acceptors (Lipinski definition) is 4. The number of rotatable bonds is 3. The molecule has 0 bridgehead atoms. The number of piperidine rings is 1. The number of hydrogen-bond donors (Lipinski definition) is 1. The molecule has 0 radical (unpaired) electrons. The number of benzene rings is 1. The number of fused-ring (bicyclic) bond motifs is 2. The molecule has 2 aliphatic heterocycles. The maximum absolute atomic E-state index is 12.9. The molecule has 0 aromatic heterocycles. The zero-order valence-electron chi connectivity index (χ0n) is 18.5. The number of esters is 1. The van der Waals surface area contributed by atoms with Crippen LogP contribution in [0.4, 0.5) is 0 Å². The number of carbonyl (C=O) groups excluding carboxylic acids is 1. The summed E-state index contributed by atoms with van der Waals surface area (Å²) in [6.45, 7) is 9.09. The Labute approximate surface area is 190 Å².